The zero-order chi connectivity index (χ0) is 15.8. The molecule has 0 radical (unpaired) electrons. The van der Waals surface area contributed by atoms with Gasteiger partial charge in [-0.3, -0.25) is 0 Å². The molecular formula is C17H21N5S. The van der Waals surface area contributed by atoms with Crippen molar-refractivity contribution in [3.8, 4) is 0 Å². The highest BCUT2D eigenvalue weighted by Crippen LogP contribution is 2.27. The largest absolute Gasteiger partial charge is 0.306 e. The van der Waals surface area contributed by atoms with Crippen molar-refractivity contribution < 1.29 is 0 Å². The Morgan fingerprint density at radius 1 is 1.26 bits per heavy atom. The second kappa shape index (κ2) is 6.09. The molecule has 4 rings (SSSR count). The van der Waals surface area contributed by atoms with Crippen LogP contribution in [0.4, 0.5) is 0 Å². The van der Waals surface area contributed by atoms with Crippen molar-refractivity contribution in [2.24, 2.45) is 5.92 Å². The van der Waals surface area contributed by atoms with Gasteiger partial charge in [0.1, 0.15) is 5.82 Å². The molecule has 0 amide bonds. The Balaban J connectivity index is 1.67. The molecule has 1 saturated heterocycles. The summed E-state index contributed by atoms with van der Waals surface area (Å²) in [5.41, 5.74) is 1.91. The van der Waals surface area contributed by atoms with E-state index >= 15 is 0 Å². The Labute approximate surface area is 140 Å². The molecule has 1 fully saturated rings. The van der Waals surface area contributed by atoms with Crippen molar-refractivity contribution in [2.45, 2.75) is 24.9 Å². The van der Waals surface area contributed by atoms with Gasteiger partial charge in [0.2, 0.25) is 0 Å². The number of hydrogen-bond acceptors (Lipinski definition) is 5. The van der Waals surface area contributed by atoms with Crippen molar-refractivity contribution in [1.29, 1.82) is 0 Å². The van der Waals surface area contributed by atoms with Crippen LogP contribution >= 0.6 is 11.8 Å². The van der Waals surface area contributed by atoms with E-state index in [1.54, 1.807) is 0 Å². The van der Waals surface area contributed by atoms with E-state index in [1.807, 2.05) is 35.3 Å². The fourth-order valence-electron chi connectivity index (χ4n) is 3.33. The number of aromatic nitrogens is 4. The fourth-order valence-corrected chi connectivity index (χ4v) is 4.40. The minimum absolute atomic E-state index is 0.728. The number of aryl methyl sites for hydroxylation is 1. The molecule has 1 unspecified atom stereocenters. The minimum atomic E-state index is 0.728. The van der Waals surface area contributed by atoms with Crippen LogP contribution in [0.2, 0.25) is 0 Å². The van der Waals surface area contributed by atoms with Crippen LogP contribution in [-0.2, 0) is 0 Å². The zero-order valence-corrected chi connectivity index (χ0v) is 14.4. The smallest absolute Gasteiger partial charge is 0.191 e. The van der Waals surface area contributed by atoms with Gasteiger partial charge in [-0.15, -0.1) is 5.10 Å². The SMILES string of the molecule is Cc1nc2c3ccccc3nc(SCC3CCCN(C)C3)n2n1. The third-order valence-corrected chi connectivity index (χ3v) is 5.59. The average molecular weight is 327 g/mol. The van der Waals surface area contributed by atoms with Crippen LogP contribution in [-0.4, -0.2) is 50.4 Å². The van der Waals surface area contributed by atoms with E-state index in [4.69, 9.17) is 4.98 Å². The van der Waals surface area contributed by atoms with Crippen LogP contribution in [0.5, 0.6) is 0 Å². The Hall–Kier alpha value is -1.66. The second-order valence-corrected chi connectivity index (χ2v) is 7.37. The highest BCUT2D eigenvalue weighted by Gasteiger charge is 2.19. The summed E-state index contributed by atoms with van der Waals surface area (Å²) >= 11 is 1.81. The highest BCUT2D eigenvalue weighted by molar-refractivity contribution is 7.99. The zero-order valence-electron chi connectivity index (χ0n) is 13.6. The second-order valence-electron chi connectivity index (χ2n) is 6.39. The van der Waals surface area contributed by atoms with Gasteiger partial charge in [0, 0.05) is 17.7 Å². The molecule has 5 nitrogen and oxygen atoms in total. The molecule has 23 heavy (non-hydrogen) atoms. The lowest BCUT2D eigenvalue weighted by Crippen LogP contribution is -2.33. The summed E-state index contributed by atoms with van der Waals surface area (Å²) in [7, 11) is 2.21. The normalized spacial score (nSPS) is 19.7. The van der Waals surface area contributed by atoms with Crippen LogP contribution in [0.15, 0.2) is 29.4 Å². The first kappa shape index (κ1) is 14.9. The van der Waals surface area contributed by atoms with Crippen LogP contribution in [0, 0.1) is 12.8 Å². The molecule has 0 aliphatic carbocycles. The standard InChI is InChI=1S/C17H21N5S/c1-12-18-16-14-7-3-4-8-15(14)19-17(22(16)20-12)23-11-13-6-5-9-21(2)10-13/h3-4,7-8,13H,5-6,9-11H2,1-2H3. The first-order valence-electron chi connectivity index (χ1n) is 8.14. The van der Waals surface area contributed by atoms with Crippen molar-refractivity contribution in [3.05, 3.63) is 30.1 Å². The Bertz CT molecular complexity index is 843. The maximum absolute atomic E-state index is 4.83. The van der Waals surface area contributed by atoms with Crippen molar-refractivity contribution in [3.63, 3.8) is 0 Å². The molecule has 0 saturated carbocycles. The molecule has 0 spiro atoms. The van der Waals surface area contributed by atoms with Gasteiger partial charge in [-0.1, -0.05) is 23.9 Å². The summed E-state index contributed by atoms with van der Waals surface area (Å²) in [6.45, 7) is 4.34. The molecule has 0 bridgehead atoms. The summed E-state index contributed by atoms with van der Waals surface area (Å²) in [6, 6.07) is 8.17. The summed E-state index contributed by atoms with van der Waals surface area (Å²) in [6.07, 6.45) is 2.61. The molecule has 120 valence electrons. The summed E-state index contributed by atoms with van der Waals surface area (Å²) < 4.78 is 1.91. The molecule has 3 heterocycles. The molecule has 1 aliphatic rings. The van der Waals surface area contributed by atoms with Gasteiger partial charge in [0.05, 0.1) is 5.52 Å². The van der Waals surface area contributed by atoms with E-state index in [1.165, 1.54) is 25.9 Å². The topological polar surface area (TPSA) is 46.3 Å². The van der Waals surface area contributed by atoms with E-state index in [-0.39, 0.29) is 0 Å². The Morgan fingerprint density at radius 3 is 3.00 bits per heavy atom. The predicted molar refractivity (Wildman–Crippen MR) is 94.0 cm³/mol. The number of nitrogens with zero attached hydrogens (tertiary/aromatic N) is 5. The lowest BCUT2D eigenvalue weighted by molar-refractivity contribution is 0.224. The number of benzene rings is 1. The minimum Gasteiger partial charge on any atom is -0.306 e. The third-order valence-electron chi connectivity index (χ3n) is 4.43. The van der Waals surface area contributed by atoms with Gasteiger partial charge >= 0.3 is 0 Å². The van der Waals surface area contributed by atoms with Crippen LogP contribution < -0.4 is 0 Å². The van der Waals surface area contributed by atoms with E-state index < -0.39 is 0 Å². The number of para-hydroxylation sites is 1. The number of piperidine rings is 1. The van der Waals surface area contributed by atoms with Gasteiger partial charge in [-0.2, -0.15) is 4.52 Å². The van der Waals surface area contributed by atoms with Gasteiger partial charge in [-0.05, 0) is 51.4 Å². The monoisotopic (exact) mass is 327 g/mol. The highest BCUT2D eigenvalue weighted by atomic mass is 32.2. The molecule has 2 aromatic heterocycles. The number of likely N-dealkylation sites (tertiary alicyclic amines) is 1. The molecule has 1 aromatic carbocycles. The fraction of sp³-hybridized carbons (Fsp3) is 0.471. The summed E-state index contributed by atoms with van der Waals surface area (Å²) in [4.78, 5) is 11.9. The van der Waals surface area contributed by atoms with Crippen LogP contribution in [0.25, 0.3) is 16.6 Å². The lowest BCUT2D eigenvalue weighted by Gasteiger charge is -2.29. The average Bonchev–Trinajstić information content (AvgIpc) is 2.94. The molecular weight excluding hydrogens is 306 g/mol. The third kappa shape index (κ3) is 2.93. The lowest BCUT2D eigenvalue weighted by atomic mass is 10.0. The number of hydrogen-bond donors (Lipinski definition) is 0. The predicted octanol–water partition coefficient (Wildman–Crippen LogP) is 3.02. The van der Waals surface area contributed by atoms with Gasteiger partial charge in [0.15, 0.2) is 10.8 Å². The summed E-state index contributed by atoms with van der Waals surface area (Å²) in [5, 5.41) is 6.57. The Morgan fingerprint density at radius 2 is 2.13 bits per heavy atom. The van der Waals surface area contributed by atoms with E-state index in [0.717, 1.165) is 39.2 Å². The van der Waals surface area contributed by atoms with E-state index in [9.17, 15) is 0 Å². The van der Waals surface area contributed by atoms with Crippen molar-refractivity contribution in [2.75, 3.05) is 25.9 Å². The maximum atomic E-state index is 4.83. The van der Waals surface area contributed by atoms with Crippen molar-refractivity contribution >= 4 is 28.3 Å². The van der Waals surface area contributed by atoms with Gasteiger partial charge in [-0.25, -0.2) is 9.97 Å². The molecule has 3 aromatic rings. The number of fused-ring (bicyclic) bond motifs is 3. The quantitative estimate of drug-likeness (QED) is 0.546. The first-order chi connectivity index (χ1) is 11.2. The van der Waals surface area contributed by atoms with Crippen molar-refractivity contribution in [1.82, 2.24) is 24.5 Å². The first-order valence-corrected chi connectivity index (χ1v) is 9.13. The van der Waals surface area contributed by atoms with E-state index in [2.05, 4.69) is 34.2 Å². The van der Waals surface area contributed by atoms with Crippen LogP contribution in [0.3, 0.4) is 0 Å². The molecule has 6 heteroatoms. The van der Waals surface area contributed by atoms with Crippen LogP contribution in [0.1, 0.15) is 18.7 Å². The van der Waals surface area contributed by atoms with Gasteiger partial charge in [0.25, 0.3) is 0 Å². The molecule has 0 N–H and O–H groups in total. The molecule has 1 aliphatic heterocycles. The maximum Gasteiger partial charge on any atom is 0.191 e. The van der Waals surface area contributed by atoms with E-state index in [0.29, 0.717) is 0 Å². The molecule has 1 atom stereocenters. The number of rotatable bonds is 3. The number of thioether (sulfide) groups is 1. The Kier molecular flexibility index (Phi) is 3.95. The van der Waals surface area contributed by atoms with Gasteiger partial charge < -0.3 is 4.90 Å². The summed E-state index contributed by atoms with van der Waals surface area (Å²) in [5.74, 6) is 2.61.